The molecule has 8 nitrogen and oxygen atoms in total. The molecule has 3 aromatic rings. The topological polar surface area (TPSA) is 69.9 Å². The minimum atomic E-state index is 0.282. The number of piperazine rings is 1. The van der Waals surface area contributed by atoms with Crippen molar-refractivity contribution in [3.05, 3.63) is 42.7 Å². The van der Waals surface area contributed by atoms with E-state index in [0.29, 0.717) is 12.3 Å². The van der Waals surface area contributed by atoms with Gasteiger partial charge in [0.2, 0.25) is 5.91 Å². The van der Waals surface area contributed by atoms with Gasteiger partial charge in [-0.1, -0.05) is 43.2 Å². The zero-order valence-electron chi connectivity index (χ0n) is 17.9. The second-order valence-corrected chi connectivity index (χ2v) is 8.40. The molecule has 0 radical (unpaired) electrons. The number of fused-ring (bicyclic) bond motifs is 1. The number of amides is 1. The second kappa shape index (κ2) is 9.01. The highest BCUT2D eigenvalue weighted by molar-refractivity contribution is 5.78. The van der Waals surface area contributed by atoms with Crippen LogP contribution in [0.5, 0.6) is 0 Å². The first kappa shape index (κ1) is 19.9. The number of hydrogen-bond donors (Lipinski definition) is 0. The van der Waals surface area contributed by atoms with E-state index in [9.17, 15) is 4.79 Å². The minimum absolute atomic E-state index is 0.282. The van der Waals surface area contributed by atoms with E-state index in [4.69, 9.17) is 0 Å². The van der Waals surface area contributed by atoms with E-state index >= 15 is 0 Å². The van der Waals surface area contributed by atoms with Crippen molar-refractivity contribution < 1.29 is 4.79 Å². The van der Waals surface area contributed by atoms with Crippen molar-refractivity contribution in [1.29, 1.82) is 0 Å². The predicted molar refractivity (Wildman–Crippen MR) is 120 cm³/mol. The predicted octanol–water partition coefficient (Wildman–Crippen LogP) is 2.32. The molecule has 162 valence electrons. The van der Waals surface area contributed by atoms with Crippen LogP contribution < -0.4 is 4.90 Å². The summed E-state index contributed by atoms with van der Waals surface area (Å²) in [5, 5.41) is 4.39. The molecule has 0 bridgehead atoms. The Hall–Kier alpha value is -3.00. The maximum atomic E-state index is 12.8. The van der Waals surface area contributed by atoms with Crippen molar-refractivity contribution in [3.8, 4) is 11.3 Å². The van der Waals surface area contributed by atoms with Crippen LogP contribution in [0.3, 0.4) is 0 Å². The van der Waals surface area contributed by atoms with Gasteiger partial charge in [0.15, 0.2) is 0 Å². The van der Waals surface area contributed by atoms with E-state index in [1.54, 1.807) is 6.33 Å². The molecule has 0 aliphatic carbocycles. The molecule has 2 aliphatic rings. The highest BCUT2D eigenvalue weighted by atomic mass is 16.2. The monoisotopic (exact) mass is 419 g/mol. The Morgan fingerprint density at radius 3 is 2.39 bits per heavy atom. The van der Waals surface area contributed by atoms with Crippen LogP contribution in [0.1, 0.15) is 25.7 Å². The van der Waals surface area contributed by atoms with E-state index in [0.717, 1.165) is 69.2 Å². The summed E-state index contributed by atoms with van der Waals surface area (Å²) >= 11 is 0. The van der Waals surface area contributed by atoms with Crippen molar-refractivity contribution in [2.45, 2.75) is 25.7 Å². The fourth-order valence-corrected chi connectivity index (χ4v) is 4.53. The molecular weight excluding hydrogens is 390 g/mol. The van der Waals surface area contributed by atoms with Gasteiger partial charge in [0.1, 0.15) is 12.1 Å². The summed E-state index contributed by atoms with van der Waals surface area (Å²) in [7, 11) is 0. The van der Waals surface area contributed by atoms with E-state index in [1.165, 1.54) is 12.8 Å². The molecule has 2 aliphatic heterocycles. The van der Waals surface area contributed by atoms with Crippen LogP contribution in [0.2, 0.25) is 0 Å². The first-order valence-corrected chi connectivity index (χ1v) is 11.3. The van der Waals surface area contributed by atoms with Gasteiger partial charge < -0.3 is 9.80 Å². The van der Waals surface area contributed by atoms with Gasteiger partial charge in [-0.15, -0.1) is 0 Å². The third-order valence-corrected chi connectivity index (χ3v) is 6.32. The normalized spacial score (nSPS) is 18.3. The van der Waals surface area contributed by atoms with Crippen LogP contribution in [0.15, 0.2) is 42.7 Å². The summed E-state index contributed by atoms with van der Waals surface area (Å²) in [6.45, 7) is 5.78. The third kappa shape index (κ3) is 4.39. The van der Waals surface area contributed by atoms with Crippen LogP contribution in [-0.2, 0) is 4.79 Å². The lowest BCUT2D eigenvalue weighted by Gasteiger charge is -2.36. The lowest BCUT2D eigenvalue weighted by atomic mass is 10.1. The van der Waals surface area contributed by atoms with E-state index < -0.39 is 0 Å². The number of likely N-dealkylation sites (tertiary alicyclic amines) is 1. The van der Waals surface area contributed by atoms with Gasteiger partial charge in [-0.3, -0.25) is 9.69 Å². The molecule has 1 amide bonds. The van der Waals surface area contributed by atoms with Crippen molar-refractivity contribution in [2.24, 2.45) is 0 Å². The molecule has 0 N–H and O–H groups in total. The Kier molecular flexibility index (Phi) is 5.80. The zero-order chi connectivity index (χ0) is 21.0. The summed E-state index contributed by atoms with van der Waals surface area (Å²) in [4.78, 5) is 28.4. The van der Waals surface area contributed by atoms with Gasteiger partial charge in [-0.05, 0) is 12.8 Å². The molecular formula is C23H29N7O. The SMILES string of the molecule is O=C(CN1CCN(c2cc(-c3ccccc3)nc3ncnn23)CC1)N1CCCCCC1. The van der Waals surface area contributed by atoms with Crippen LogP contribution in [0.25, 0.3) is 17.0 Å². The molecule has 0 saturated carbocycles. The van der Waals surface area contributed by atoms with Crippen LogP contribution in [0, 0.1) is 0 Å². The van der Waals surface area contributed by atoms with E-state index in [2.05, 4.69) is 48.0 Å². The maximum Gasteiger partial charge on any atom is 0.254 e. The minimum Gasteiger partial charge on any atom is -0.354 e. The molecule has 4 heterocycles. The standard InChI is InChI=1S/C23H29N7O/c31-22(29-10-6-1-2-7-11-29)17-27-12-14-28(15-13-27)21-16-20(19-8-4-3-5-9-19)26-23-24-18-25-30(21)23/h3-5,8-9,16,18H,1-2,6-7,10-15,17H2. The van der Waals surface area contributed by atoms with Gasteiger partial charge in [-0.25, -0.2) is 4.98 Å². The Labute approximate surface area is 182 Å². The molecule has 2 fully saturated rings. The molecule has 0 atom stereocenters. The smallest absolute Gasteiger partial charge is 0.254 e. The molecule has 1 aromatic carbocycles. The summed E-state index contributed by atoms with van der Waals surface area (Å²) < 4.78 is 1.81. The lowest BCUT2D eigenvalue weighted by molar-refractivity contribution is -0.132. The van der Waals surface area contributed by atoms with Crippen molar-refractivity contribution >= 4 is 17.5 Å². The van der Waals surface area contributed by atoms with Crippen molar-refractivity contribution in [1.82, 2.24) is 29.4 Å². The number of carbonyl (C=O) groups excluding carboxylic acids is 1. The highest BCUT2D eigenvalue weighted by Gasteiger charge is 2.24. The van der Waals surface area contributed by atoms with Crippen molar-refractivity contribution in [3.63, 3.8) is 0 Å². The highest BCUT2D eigenvalue weighted by Crippen LogP contribution is 2.24. The van der Waals surface area contributed by atoms with Crippen LogP contribution in [0.4, 0.5) is 5.82 Å². The number of anilines is 1. The summed E-state index contributed by atoms with van der Waals surface area (Å²) in [5.74, 6) is 1.89. The average Bonchev–Trinajstić information content (AvgIpc) is 3.12. The number of nitrogens with zero attached hydrogens (tertiary/aromatic N) is 7. The Morgan fingerprint density at radius 1 is 0.903 bits per heavy atom. The van der Waals surface area contributed by atoms with Crippen LogP contribution >= 0.6 is 0 Å². The maximum absolute atomic E-state index is 12.8. The first-order chi connectivity index (χ1) is 15.3. The van der Waals surface area contributed by atoms with Gasteiger partial charge in [-0.2, -0.15) is 14.6 Å². The fraction of sp³-hybridized carbons (Fsp3) is 0.478. The average molecular weight is 420 g/mol. The first-order valence-electron chi connectivity index (χ1n) is 11.3. The Bertz CT molecular complexity index is 1020. The quantitative estimate of drug-likeness (QED) is 0.646. The number of hydrogen-bond acceptors (Lipinski definition) is 6. The number of aromatic nitrogens is 4. The molecule has 0 spiro atoms. The van der Waals surface area contributed by atoms with Gasteiger partial charge in [0, 0.05) is 50.9 Å². The lowest BCUT2D eigenvalue weighted by Crippen LogP contribution is -2.50. The molecule has 2 saturated heterocycles. The zero-order valence-corrected chi connectivity index (χ0v) is 17.9. The van der Waals surface area contributed by atoms with Crippen LogP contribution in [-0.4, -0.2) is 81.1 Å². The summed E-state index contributed by atoms with van der Waals surface area (Å²) in [6, 6.07) is 12.3. The number of rotatable bonds is 4. The largest absolute Gasteiger partial charge is 0.354 e. The molecule has 2 aromatic heterocycles. The molecule has 5 rings (SSSR count). The van der Waals surface area contributed by atoms with E-state index in [-0.39, 0.29) is 5.91 Å². The van der Waals surface area contributed by atoms with Gasteiger partial charge in [0.05, 0.1) is 12.2 Å². The Morgan fingerprint density at radius 2 is 1.65 bits per heavy atom. The molecule has 31 heavy (non-hydrogen) atoms. The molecule has 8 heteroatoms. The Balaban J connectivity index is 1.28. The van der Waals surface area contributed by atoms with Crippen molar-refractivity contribution in [2.75, 3.05) is 50.7 Å². The van der Waals surface area contributed by atoms with E-state index in [1.807, 2.05) is 22.7 Å². The van der Waals surface area contributed by atoms with Gasteiger partial charge in [0.25, 0.3) is 5.78 Å². The second-order valence-electron chi connectivity index (χ2n) is 8.40. The number of benzene rings is 1. The summed E-state index contributed by atoms with van der Waals surface area (Å²) in [5.41, 5.74) is 1.96. The number of carbonyl (C=O) groups is 1. The molecule has 0 unspecified atom stereocenters. The fourth-order valence-electron chi connectivity index (χ4n) is 4.53. The third-order valence-electron chi connectivity index (χ3n) is 6.32. The summed E-state index contributed by atoms with van der Waals surface area (Å²) in [6.07, 6.45) is 6.32. The van der Waals surface area contributed by atoms with Gasteiger partial charge >= 0.3 is 0 Å².